The molecule has 0 heterocycles. The first-order valence-electron chi connectivity index (χ1n) is 5.33. The van der Waals surface area contributed by atoms with Crippen molar-refractivity contribution in [2.45, 2.75) is 17.9 Å². The second-order valence-electron chi connectivity index (χ2n) is 3.83. The van der Waals surface area contributed by atoms with Crippen LogP contribution in [0.5, 0.6) is 0 Å². The molecule has 1 unspecified atom stereocenters. The van der Waals surface area contributed by atoms with Crippen LogP contribution in [0, 0.1) is 17.5 Å². The lowest BCUT2D eigenvalue weighted by atomic mass is 10.1. The number of benzene rings is 1. The Balaban J connectivity index is 3.44. The highest BCUT2D eigenvalue weighted by Gasteiger charge is 2.31. The first-order valence-corrected chi connectivity index (χ1v) is 7.22. The first kappa shape index (κ1) is 16.4. The largest absolute Gasteiger partial charge is 0.464 e. The third kappa shape index (κ3) is 3.10. The molecule has 112 valence electrons. The summed E-state index contributed by atoms with van der Waals surface area (Å²) in [6.07, 6.45) is -1.76. The maximum absolute atomic E-state index is 13.6. The molecule has 0 spiro atoms. The molecule has 20 heavy (non-hydrogen) atoms. The molecular weight excluding hydrogens is 301 g/mol. The molecule has 5 nitrogen and oxygen atoms in total. The standard InChI is InChI=1S/C11H11F3O5S/c1-3-19-11(16)9(15)5-4-6(12)10(20(2,17)18)8(14)7(5)13/h4,9,15H,3H2,1-2H3. The minimum Gasteiger partial charge on any atom is -0.464 e. The summed E-state index contributed by atoms with van der Waals surface area (Å²) >= 11 is 0. The van der Waals surface area contributed by atoms with Gasteiger partial charge >= 0.3 is 5.97 Å². The van der Waals surface area contributed by atoms with Gasteiger partial charge in [-0.2, -0.15) is 0 Å². The van der Waals surface area contributed by atoms with Crippen LogP contribution in [0.25, 0.3) is 0 Å². The summed E-state index contributed by atoms with van der Waals surface area (Å²) in [6, 6.07) is 0.246. The highest BCUT2D eigenvalue weighted by Crippen LogP contribution is 2.28. The topological polar surface area (TPSA) is 80.7 Å². The number of aliphatic hydroxyl groups is 1. The molecule has 0 aliphatic heterocycles. The average molecular weight is 312 g/mol. The van der Waals surface area contributed by atoms with Gasteiger partial charge in [0.2, 0.25) is 0 Å². The Morgan fingerprint density at radius 3 is 2.35 bits per heavy atom. The lowest BCUT2D eigenvalue weighted by Gasteiger charge is -2.13. The quantitative estimate of drug-likeness (QED) is 0.665. The van der Waals surface area contributed by atoms with Crippen molar-refractivity contribution in [3.8, 4) is 0 Å². The number of halogens is 3. The van der Waals surface area contributed by atoms with E-state index in [4.69, 9.17) is 0 Å². The molecule has 1 atom stereocenters. The van der Waals surface area contributed by atoms with Crippen LogP contribution in [0.4, 0.5) is 13.2 Å². The fourth-order valence-electron chi connectivity index (χ4n) is 1.48. The van der Waals surface area contributed by atoms with E-state index in [0.717, 1.165) is 0 Å². The normalized spacial score (nSPS) is 13.1. The molecule has 0 amide bonds. The smallest absolute Gasteiger partial charge is 0.339 e. The maximum Gasteiger partial charge on any atom is 0.339 e. The Labute approximate surface area is 112 Å². The fourth-order valence-corrected chi connectivity index (χ4v) is 2.31. The summed E-state index contributed by atoms with van der Waals surface area (Å²) in [4.78, 5) is 9.73. The number of hydrogen-bond acceptors (Lipinski definition) is 5. The fraction of sp³-hybridized carbons (Fsp3) is 0.364. The van der Waals surface area contributed by atoms with Gasteiger partial charge in [0, 0.05) is 11.8 Å². The number of hydrogen-bond donors (Lipinski definition) is 1. The minimum atomic E-state index is -4.35. The Bertz CT molecular complexity index is 642. The zero-order valence-electron chi connectivity index (χ0n) is 10.5. The minimum absolute atomic E-state index is 0.135. The van der Waals surface area contributed by atoms with Crippen LogP contribution in [0.15, 0.2) is 11.0 Å². The van der Waals surface area contributed by atoms with Gasteiger partial charge < -0.3 is 9.84 Å². The zero-order valence-corrected chi connectivity index (χ0v) is 11.3. The van der Waals surface area contributed by atoms with E-state index in [1.165, 1.54) is 6.92 Å². The Hall–Kier alpha value is -1.61. The summed E-state index contributed by atoms with van der Waals surface area (Å²) < 4.78 is 67.4. The predicted molar refractivity (Wildman–Crippen MR) is 61.0 cm³/mol. The van der Waals surface area contributed by atoms with E-state index in [1.54, 1.807) is 0 Å². The number of aliphatic hydroxyl groups excluding tert-OH is 1. The van der Waals surface area contributed by atoms with Crippen LogP contribution in [-0.2, 0) is 19.4 Å². The molecule has 1 aromatic rings. The summed E-state index contributed by atoms with van der Waals surface area (Å²) in [5.74, 6) is -6.74. The predicted octanol–water partition coefficient (Wildman–Crippen LogP) is 1.10. The van der Waals surface area contributed by atoms with E-state index >= 15 is 0 Å². The second kappa shape index (κ2) is 5.80. The molecular formula is C11H11F3O5S. The second-order valence-corrected chi connectivity index (χ2v) is 5.78. The monoisotopic (exact) mass is 312 g/mol. The van der Waals surface area contributed by atoms with E-state index in [-0.39, 0.29) is 12.7 Å². The molecule has 1 N–H and O–H groups in total. The summed E-state index contributed by atoms with van der Waals surface area (Å²) in [5, 5.41) is 9.45. The van der Waals surface area contributed by atoms with Crippen molar-refractivity contribution in [3.63, 3.8) is 0 Å². The number of ether oxygens (including phenoxy) is 1. The first-order chi connectivity index (χ1) is 9.11. The number of rotatable bonds is 4. The molecule has 0 aliphatic rings. The lowest BCUT2D eigenvalue weighted by Crippen LogP contribution is -2.19. The third-order valence-corrected chi connectivity index (χ3v) is 3.44. The molecule has 0 bridgehead atoms. The van der Waals surface area contributed by atoms with Gasteiger partial charge in [-0.1, -0.05) is 0 Å². The van der Waals surface area contributed by atoms with Crippen LogP contribution >= 0.6 is 0 Å². The van der Waals surface area contributed by atoms with E-state index in [0.29, 0.717) is 6.26 Å². The van der Waals surface area contributed by atoms with E-state index in [9.17, 15) is 31.5 Å². The van der Waals surface area contributed by atoms with Crippen LogP contribution in [0.3, 0.4) is 0 Å². The maximum atomic E-state index is 13.6. The van der Waals surface area contributed by atoms with Crippen molar-refractivity contribution >= 4 is 15.8 Å². The number of sulfone groups is 1. The van der Waals surface area contributed by atoms with Crippen molar-refractivity contribution in [1.82, 2.24) is 0 Å². The Kier molecular flexibility index (Phi) is 4.77. The SMILES string of the molecule is CCOC(=O)C(O)c1cc(F)c(S(C)(=O)=O)c(F)c1F. The van der Waals surface area contributed by atoms with Crippen molar-refractivity contribution in [3.05, 3.63) is 29.1 Å². The summed E-state index contributed by atoms with van der Waals surface area (Å²) in [5.41, 5.74) is -1.04. The highest BCUT2D eigenvalue weighted by molar-refractivity contribution is 7.90. The van der Waals surface area contributed by atoms with E-state index in [1.807, 2.05) is 0 Å². The average Bonchev–Trinajstić information content (AvgIpc) is 2.31. The Morgan fingerprint density at radius 2 is 1.90 bits per heavy atom. The molecule has 9 heteroatoms. The molecule has 0 saturated carbocycles. The molecule has 0 radical (unpaired) electrons. The van der Waals surface area contributed by atoms with Crippen LogP contribution in [-0.4, -0.2) is 32.4 Å². The number of carbonyl (C=O) groups excluding carboxylic acids is 1. The third-order valence-electron chi connectivity index (χ3n) is 2.32. The van der Waals surface area contributed by atoms with Gasteiger partial charge in [0.1, 0.15) is 10.7 Å². The number of carbonyl (C=O) groups is 1. The van der Waals surface area contributed by atoms with E-state index < -0.39 is 49.8 Å². The van der Waals surface area contributed by atoms with Crippen molar-refractivity contribution in [1.29, 1.82) is 0 Å². The number of esters is 1. The van der Waals surface area contributed by atoms with Gasteiger partial charge in [0.25, 0.3) is 0 Å². The van der Waals surface area contributed by atoms with Gasteiger partial charge in [-0.3, -0.25) is 0 Å². The molecule has 1 rings (SSSR count). The highest BCUT2D eigenvalue weighted by atomic mass is 32.2. The zero-order chi connectivity index (χ0) is 15.7. The van der Waals surface area contributed by atoms with Crippen molar-refractivity contribution < 1.29 is 36.2 Å². The summed E-state index contributed by atoms with van der Waals surface area (Å²) in [7, 11) is -4.35. The molecule has 0 aliphatic carbocycles. The van der Waals surface area contributed by atoms with Gasteiger partial charge in [0.15, 0.2) is 27.6 Å². The molecule has 0 saturated heterocycles. The van der Waals surface area contributed by atoms with Crippen LogP contribution < -0.4 is 0 Å². The lowest BCUT2D eigenvalue weighted by molar-refractivity contribution is -0.153. The van der Waals surface area contributed by atoms with Gasteiger partial charge in [0.05, 0.1) is 6.61 Å². The van der Waals surface area contributed by atoms with Crippen molar-refractivity contribution in [2.24, 2.45) is 0 Å². The van der Waals surface area contributed by atoms with Gasteiger partial charge in [-0.25, -0.2) is 26.4 Å². The summed E-state index contributed by atoms with van der Waals surface area (Å²) in [6.45, 7) is 1.28. The van der Waals surface area contributed by atoms with Gasteiger partial charge in [-0.15, -0.1) is 0 Å². The molecule has 0 fully saturated rings. The Morgan fingerprint density at radius 1 is 1.35 bits per heavy atom. The van der Waals surface area contributed by atoms with Gasteiger partial charge in [-0.05, 0) is 13.0 Å². The van der Waals surface area contributed by atoms with Crippen LogP contribution in [0.2, 0.25) is 0 Å². The van der Waals surface area contributed by atoms with E-state index in [2.05, 4.69) is 4.74 Å². The molecule has 0 aromatic heterocycles. The van der Waals surface area contributed by atoms with Crippen LogP contribution in [0.1, 0.15) is 18.6 Å². The molecule has 1 aromatic carbocycles. The van der Waals surface area contributed by atoms with Crippen molar-refractivity contribution in [2.75, 3.05) is 12.9 Å².